The highest BCUT2D eigenvalue weighted by Crippen LogP contribution is 2.26. The molecule has 1 aliphatic heterocycles. The van der Waals surface area contributed by atoms with Crippen LogP contribution in [-0.4, -0.2) is 56.8 Å². The van der Waals surface area contributed by atoms with Crippen molar-refractivity contribution in [1.29, 1.82) is 0 Å². The van der Waals surface area contributed by atoms with Crippen LogP contribution in [-0.2, 0) is 4.74 Å². The maximum absolute atomic E-state index is 12.9. The number of carbonyl (C=O) groups is 1. The first-order valence-corrected chi connectivity index (χ1v) is 10.7. The van der Waals surface area contributed by atoms with E-state index >= 15 is 0 Å². The number of imidazole rings is 1. The van der Waals surface area contributed by atoms with E-state index in [1.54, 1.807) is 30.5 Å². The standard InChI is InChI=1S/C25H24N4O3/c1-17(30)18-5-6-24-23(13-18)27-16-29(24)22-4-2-3-19(12-22)20-11-21(15-26-14-20)25(31)28-7-9-32-10-8-28/h2-6,11-17,30H,7-10H2,1H3. The molecule has 1 atom stereocenters. The predicted molar refractivity (Wildman–Crippen MR) is 122 cm³/mol. The van der Waals surface area contributed by atoms with Crippen LogP contribution < -0.4 is 0 Å². The van der Waals surface area contributed by atoms with Crippen LogP contribution in [0, 0.1) is 0 Å². The number of ether oxygens (including phenoxy) is 1. The Morgan fingerprint density at radius 3 is 2.72 bits per heavy atom. The SMILES string of the molecule is CC(O)c1ccc2c(c1)ncn2-c1cccc(-c2cncc(C(=O)N3CCOCC3)c2)c1. The van der Waals surface area contributed by atoms with Gasteiger partial charge in [-0.3, -0.25) is 14.3 Å². The monoisotopic (exact) mass is 428 g/mol. The highest BCUT2D eigenvalue weighted by atomic mass is 16.5. The van der Waals surface area contributed by atoms with Crippen molar-refractivity contribution in [2.24, 2.45) is 0 Å². The van der Waals surface area contributed by atoms with E-state index in [-0.39, 0.29) is 5.91 Å². The zero-order valence-corrected chi connectivity index (χ0v) is 17.8. The number of carbonyl (C=O) groups excluding carboxylic acids is 1. The first-order chi connectivity index (χ1) is 15.6. The van der Waals surface area contributed by atoms with Crippen LogP contribution >= 0.6 is 0 Å². The van der Waals surface area contributed by atoms with Gasteiger partial charge in [-0.2, -0.15) is 0 Å². The molecular weight excluding hydrogens is 404 g/mol. The normalized spacial score (nSPS) is 15.1. The third-order valence-electron chi connectivity index (χ3n) is 5.79. The van der Waals surface area contributed by atoms with Gasteiger partial charge in [-0.05, 0) is 48.4 Å². The van der Waals surface area contributed by atoms with Crippen LogP contribution in [0.15, 0.2) is 67.3 Å². The van der Waals surface area contributed by atoms with Crippen LogP contribution in [0.4, 0.5) is 0 Å². The first-order valence-electron chi connectivity index (χ1n) is 10.7. The van der Waals surface area contributed by atoms with Crippen molar-refractivity contribution in [2.45, 2.75) is 13.0 Å². The van der Waals surface area contributed by atoms with Gasteiger partial charge < -0.3 is 14.7 Å². The Bertz CT molecular complexity index is 1280. The molecule has 162 valence electrons. The number of morpholine rings is 1. The second kappa shape index (κ2) is 8.53. The molecule has 1 N–H and O–H groups in total. The number of aliphatic hydroxyl groups is 1. The molecule has 1 amide bonds. The maximum atomic E-state index is 12.9. The van der Waals surface area contributed by atoms with Gasteiger partial charge in [0.15, 0.2) is 0 Å². The molecule has 2 aromatic heterocycles. The van der Waals surface area contributed by atoms with E-state index in [0.717, 1.165) is 33.4 Å². The summed E-state index contributed by atoms with van der Waals surface area (Å²) in [5.74, 6) is -0.0201. The maximum Gasteiger partial charge on any atom is 0.255 e. The number of rotatable bonds is 4. The number of hydrogen-bond donors (Lipinski definition) is 1. The lowest BCUT2D eigenvalue weighted by Crippen LogP contribution is -2.40. The largest absolute Gasteiger partial charge is 0.389 e. The Kier molecular flexibility index (Phi) is 5.43. The topological polar surface area (TPSA) is 80.5 Å². The summed E-state index contributed by atoms with van der Waals surface area (Å²) in [6.45, 7) is 4.08. The second-order valence-electron chi connectivity index (χ2n) is 7.96. The molecule has 32 heavy (non-hydrogen) atoms. The van der Waals surface area contributed by atoms with Crippen LogP contribution in [0.3, 0.4) is 0 Å². The quantitative estimate of drug-likeness (QED) is 0.537. The lowest BCUT2D eigenvalue weighted by Gasteiger charge is -2.26. The van der Waals surface area contributed by atoms with Crippen LogP contribution in [0.2, 0.25) is 0 Å². The summed E-state index contributed by atoms with van der Waals surface area (Å²) >= 11 is 0. The molecule has 7 heteroatoms. The minimum atomic E-state index is -0.534. The van der Waals surface area contributed by atoms with E-state index in [1.807, 2.05) is 47.0 Å². The molecule has 1 aliphatic rings. The van der Waals surface area contributed by atoms with Crippen molar-refractivity contribution in [1.82, 2.24) is 19.4 Å². The zero-order valence-electron chi connectivity index (χ0n) is 17.8. The minimum absolute atomic E-state index is 0.0201. The Balaban J connectivity index is 1.47. The van der Waals surface area contributed by atoms with E-state index in [9.17, 15) is 9.90 Å². The summed E-state index contributed by atoms with van der Waals surface area (Å²) in [6.07, 6.45) is 4.64. The van der Waals surface area contributed by atoms with Gasteiger partial charge in [0.1, 0.15) is 6.33 Å². The summed E-state index contributed by atoms with van der Waals surface area (Å²) in [5, 5.41) is 9.84. The van der Waals surface area contributed by atoms with E-state index < -0.39 is 6.10 Å². The molecule has 4 aromatic rings. The van der Waals surface area contributed by atoms with Gasteiger partial charge in [0.05, 0.1) is 35.9 Å². The van der Waals surface area contributed by atoms with Crippen LogP contribution in [0.1, 0.15) is 28.9 Å². The molecule has 0 saturated carbocycles. The summed E-state index contributed by atoms with van der Waals surface area (Å²) in [6, 6.07) is 15.8. The van der Waals surface area contributed by atoms with Gasteiger partial charge in [-0.15, -0.1) is 0 Å². The summed E-state index contributed by atoms with van der Waals surface area (Å²) < 4.78 is 7.36. The highest BCUT2D eigenvalue weighted by Gasteiger charge is 2.19. The molecule has 0 radical (unpaired) electrons. The summed E-state index contributed by atoms with van der Waals surface area (Å²) in [4.78, 5) is 23.5. The van der Waals surface area contributed by atoms with Crippen molar-refractivity contribution in [3.05, 3.63) is 78.4 Å². The average Bonchev–Trinajstić information content (AvgIpc) is 3.27. The highest BCUT2D eigenvalue weighted by molar-refractivity contribution is 5.95. The van der Waals surface area contributed by atoms with Gasteiger partial charge in [0.2, 0.25) is 0 Å². The molecule has 2 aromatic carbocycles. The molecule has 1 unspecified atom stereocenters. The number of fused-ring (bicyclic) bond motifs is 1. The molecule has 7 nitrogen and oxygen atoms in total. The fraction of sp³-hybridized carbons (Fsp3) is 0.240. The molecule has 0 bridgehead atoms. The summed E-state index contributed by atoms with van der Waals surface area (Å²) in [7, 11) is 0. The number of nitrogens with zero attached hydrogens (tertiary/aromatic N) is 4. The molecular formula is C25H24N4O3. The van der Waals surface area contributed by atoms with Crippen molar-refractivity contribution in [3.63, 3.8) is 0 Å². The minimum Gasteiger partial charge on any atom is -0.389 e. The Hall–Kier alpha value is -3.55. The number of amides is 1. The lowest BCUT2D eigenvalue weighted by molar-refractivity contribution is 0.0302. The van der Waals surface area contributed by atoms with Gasteiger partial charge in [-0.1, -0.05) is 18.2 Å². The Labute approximate surface area is 185 Å². The third kappa shape index (κ3) is 3.88. The predicted octanol–water partition coefficient (Wildman–Crippen LogP) is 3.61. The molecule has 0 spiro atoms. The first kappa shape index (κ1) is 20.4. The van der Waals surface area contributed by atoms with Gasteiger partial charge in [0, 0.05) is 36.7 Å². The van der Waals surface area contributed by atoms with Crippen molar-refractivity contribution in [3.8, 4) is 16.8 Å². The summed E-state index contributed by atoms with van der Waals surface area (Å²) in [5.41, 5.74) is 6.01. The number of hydrogen-bond acceptors (Lipinski definition) is 5. The van der Waals surface area contributed by atoms with Gasteiger partial charge >= 0.3 is 0 Å². The Morgan fingerprint density at radius 1 is 1.06 bits per heavy atom. The van der Waals surface area contributed by atoms with Crippen molar-refractivity contribution < 1.29 is 14.6 Å². The molecule has 1 fully saturated rings. The molecule has 5 rings (SSSR count). The second-order valence-corrected chi connectivity index (χ2v) is 7.96. The molecule has 3 heterocycles. The smallest absolute Gasteiger partial charge is 0.255 e. The number of aromatic nitrogens is 3. The third-order valence-corrected chi connectivity index (χ3v) is 5.79. The van der Waals surface area contributed by atoms with Crippen LogP contribution in [0.5, 0.6) is 0 Å². The lowest BCUT2D eigenvalue weighted by atomic mass is 10.0. The number of benzene rings is 2. The van der Waals surface area contributed by atoms with Gasteiger partial charge in [0.25, 0.3) is 5.91 Å². The van der Waals surface area contributed by atoms with Crippen molar-refractivity contribution >= 4 is 16.9 Å². The van der Waals surface area contributed by atoms with E-state index in [1.165, 1.54) is 0 Å². The van der Waals surface area contributed by atoms with Crippen LogP contribution in [0.25, 0.3) is 27.8 Å². The molecule has 1 saturated heterocycles. The fourth-order valence-corrected chi connectivity index (χ4v) is 3.99. The average molecular weight is 428 g/mol. The van der Waals surface area contributed by atoms with E-state index in [4.69, 9.17) is 4.74 Å². The zero-order chi connectivity index (χ0) is 22.1. The van der Waals surface area contributed by atoms with Gasteiger partial charge in [-0.25, -0.2) is 4.98 Å². The number of aliphatic hydroxyl groups excluding tert-OH is 1. The van der Waals surface area contributed by atoms with Crippen molar-refractivity contribution in [2.75, 3.05) is 26.3 Å². The fourth-order valence-electron chi connectivity index (χ4n) is 3.99. The molecule has 0 aliphatic carbocycles. The number of pyridine rings is 1. The van der Waals surface area contributed by atoms with E-state index in [2.05, 4.69) is 16.0 Å². The van der Waals surface area contributed by atoms with E-state index in [0.29, 0.717) is 31.9 Å². The Morgan fingerprint density at radius 2 is 1.91 bits per heavy atom.